The zero-order chi connectivity index (χ0) is 39.1. The standard InChI is InChI=1S/C51H42N4O2/c1-28-14-6-7-16-35(28)45-29(2)15-12-21-41(45)50-52-49(53-51(54-50)46-30(3)31(4)47(56)32(5)48(46)57)40-20-13-19-37-36-25-24-34(26-33(36)27-42(37)40)55-43-22-10-8-17-38(43)39-18-9-11-23-44(39)55/h6-11,13-14,16-26,56-57H,12,15,27H2,1-5H3. The lowest BCUT2D eigenvalue weighted by atomic mass is 9.84. The van der Waals surface area contributed by atoms with Gasteiger partial charge in [0.25, 0.3) is 0 Å². The lowest BCUT2D eigenvalue weighted by Gasteiger charge is -2.22. The van der Waals surface area contributed by atoms with Crippen molar-refractivity contribution >= 4 is 33.0 Å². The maximum atomic E-state index is 11.6. The highest BCUT2D eigenvalue weighted by molar-refractivity contribution is 6.09. The van der Waals surface area contributed by atoms with Crippen LogP contribution in [0.5, 0.6) is 11.5 Å². The number of phenolic OH excluding ortho intramolecular Hbond substituents is 2. The van der Waals surface area contributed by atoms with Gasteiger partial charge in [0.15, 0.2) is 17.5 Å². The number of benzene rings is 6. The summed E-state index contributed by atoms with van der Waals surface area (Å²) in [6.45, 7) is 9.85. The van der Waals surface area contributed by atoms with Gasteiger partial charge in [0, 0.05) is 33.2 Å². The van der Waals surface area contributed by atoms with Gasteiger partial charge in [0.2, 0.25) is 0 Å². The highest BCUT2D eigenvalue weighted by Crippen LogP contribution is 2.46. The van der Waals surface area contributed by atoms with Crippen LogP contribution in [0.3, 0.4) is 0 Å². The number of allylic oxidation sites excluding steroid dienone is 4. The highest BCUT2D eigenvalue weighted by Gasteiger charge is 2.28. The lowest BCUT2D eigenvalue weighted by molar-refractivity contribution is 0.440. The quantitative estimate of drug-likeness (QED) is 0.183. The Kier molecular flexibility index (Phi) is 8.01. The minimum Gasteiger partial charge on any atom is -0.507 e. The van der Waals surface area contributed by atoms with Crippen LogP contribution in [0.2, 0.25) is 0 Å². The third-order valence-corrected chi connectivity index (χ3v) is 12.3. The van der Waals surface area contributed by atoms with Crippen molar-refractivity contribution in [1.29, 1.82) is 0 Å². The number of nitrogens with zero attached hydrogens (tertiary/aromatic N) is 4. The molecule has 2 aromatic heterocycles. The molecule has 2 aliphatic rings. The molecule has 2 heterocycles. The van der Waals surface area contributed by atoms with Crippen molar-refractivity contribution in [3.63, 3.8) is 0 Å². The smallest absolute Gasteiger partial charge is 0.168 e. The minimum atomic E-state index is -0.0227. The molecule has 0 spiro atoms. The summed E-state index contributed by atoms with van der Waals surface area (Å²) in [4.78, 5) is 15.7. The molecule has 0 amide bonds. The third kappa shape index (κ3) is 5.35. The molecule has 6 nitrogen and oxygen atoms in total. The first-order valence-electron chi connectivity index (χ1n) is 19.7. The monoisotopic (exact) mass is 742 g/mol. The van der Waals surface area contributed by atoms with Crippen LogP contribution in [0.4, 0.5) is 0 Å². The number of hydrogen-bond donors (Lipinski definition) is 2. The van der Waals surface area contributed by atoms with E-state index in [1.165, 1.54) is 49.6 Å². The van der Waals surface area contributed by atoms with Crippen molar-refractivity contribution in [3.05, 3.63) is 166 Å². The molecule has 6 heteroatoms. The van der Waals surface area contributed by atoms with E-state index in [0.29, 0.717) is 34.2 Å². The predicted molar refractivity (Wildman–Crippen MR) is 232 cm³/mol. The van der Waals surface area contributed by atoms with Crippen molar-refractivity contribution in [3.8, 4) is 51.1 Å². The summed E-state index contributed by atoms with van der Waals surface area (Å²) < 4.78 is 2.37. The van der Waals surface area contributed by atoms with E-state index in [1.54, 1.807) is 6.92 Å². The molecule has 0 saturated carbocycles. The summed E-state index contributed by atoms with van der Waals surface area (Å²) in [6.07, 6.45) is 4.80. The summed E-state index contributed by atoms with van der Waals surface area (Å²) in [7, 11) is 0. The number of phenols is 2. The molecule has 6 aromatic carbocycles. The van der Waals surface area contributed by atoms with Crippen LogP contribution in [0.1, 0.15) is 64.5 Å². The largest absolute Gasteiger partial charge is 0.507 e. The topological polar surface area (TPSA) is 84.1 Å². The Hall–Kier alpha value is -6.79. The fourth-order valence-electron chi connectivity index (χ4n) is 9.21. The minimum absolute atomic E-state index is 0.0227. The fraction of sp³-hybridized carbons (Fsp3) is 0.157. The molecule has 0 aliphatic heterocycles. The molecule has 2 aliphatic carbocycles. The van der Waals surface area contributed by atoms with E-state index in [9.17, 15) is 10.2 Å². The van der Waals surface area contributed by atoms with Gasteiger partial charge < -0.3 is 14.8 Å². The van der Waals surface area contributed by atoms with E-state index in [2.05, 4.69) is 134 Å². The number of para-hydroxylation sites is 2. The normalized spacial score (nSPS) is 13.7. The maximum Gasteiger partial charge on any atom is 0.168 e. The van der Waals surface area contributed by atoms with Gasteiger partial charge in [0.1, 0.15) is 11.5 Å². The summed E-state index contributed by atoms with van der Waals surface area (Å²) in [6, 6.07) is 38.9. The molecule has 278 valence electrons. The number of aromatic nitrogens is 4. The molecule has 0 atom stereocenters. The van der Waals surface area contributed by atoms with Crippen molar-refractivity contribution in [1.82, 2.24) is 19.5 Å². The predicted octanol–water partition coefficient (Wildman–Crippen LogP) is 12.2. The summed E-state index contributed by atoms with van der Waals surface area (Å²) in [5.41, 5.74) is 17.3. The Morgan fingerprint density at radius 1 is 0.561 bits per heavy atom. The second kappa shape index (κ2) is 13.2. The molecule has 0 radical (unpaired) electrons. The molecule has 0 unspecified atom stereocenters. The number of aryl methyl sites for hydroxylation is 1. The SMILES string of the molecule is CC1=C(c2ccccc2C)C(c2nc(-c3cccc4c3Cc3cc(-n5c6ccccc6c6ccccc65)ccc3-4)nc(-c3c(C)c(C)c(O)c(C)c3O)n2)=CCC1. The van der Waals surface area contributed by atoms with Gasteiger partial charge in [-0.3, -0.25) is 0 Å². The van der Waals surface area contributed by atoms with Gasteiger partial charge in [-0.1, -0.05) is 96.6 Å². The van der Waals surface area contributed by atoms with Crippen LogP contribution in [0.25, 0.3) is 72.5 Å². The first-order chi connectivity index (χ1) is 27.7. The van der Waals surface area contributed by atoms with E-state index >= 15 is 0 Å². The van der Waals surface area contributed by atoms with E-state index in [4.69, 9.17) is 15.0 Å². The first kappa shape index (κ1) is 34.7. The lowest BCUT2D eigenvalue weighted by Crippen LogP contribution is -2.09. The summed E-state index contributed by atoms with van der Waals surface area (Å²) in [5, 5.41) is 25.0. The molecule has 8 aromatic rings. The average molecular weight is 743 g/mol. The van der Waals surface area contributed by atoms with Crippen LogP contribution in [0, 0.1) is 27.7 Å². The molecule has 57 heavy (non-hydrogen) atoms. The number of fused-ring (bicyclic) bond motifs is 6. The zero-order valence-electron chi connectivity index (χ0n) is 32.8. The Bertz CT molecular complexity index is 2990. The zero-order valence-corrected chi connectivity index (χ0v) is 32.8. The highest BCUT2D eigenvalue weighted by atomic mass is 16.3. The fourth-order valence-corrected chi connectivity index (χ4v) is 9.21. The maximum absolute atomic E-state index is 11.6. The number of aromatic hydroxyl groups is 2. The van der Waals surface area contributed by atoms with Crippen LogP contribution in [-0.2, 0) is 6.42 Å². The Balaban J connectivity index is 1.15. The van der Waals surface area contributed by atoms with Crippen molar-refractivity contribution in [2.45, 2.75) is 53.9 Å². The molecule has 2 N–H and O–H groups in total. The van der Waals surface area contributed by atoms with Gasteiger partial charge in [-0.2, -0.15) is 0 Å². The second-order valence-electron chi connectivity index (χ2n) is 15.6. The van der Waals surface area contributed by atoms with Gasteiger partial charge in [0.05, 0.1) is 16.6 Å². The van der Waals surface area contributed by atoms with Crippen molar-refractivity contribution < 1.29 is 10.2 Å². The molecule has 10 rings (SSSR count). The molecular weight excluding hydrogens is 701 g/mol. The van der Waals surface area contributed by atoms with Crippen LogP contribution < -0.4 is 0 Å². The second-order valence-corrected chi connectivity index (χ2v) is 15.6. The Morgan fingerprint density at radius 3 is 1.96 bits per heavy atom. The Morgan fingerprint density at radius 2 is 1.21 bits per heavy atom. The van der Waals surface area contributed by atoms with Crippen molar-refractivity contribution in [2.24, 2.45) is 0 Å². The molecule has 0 bridgehead atoms. The summed E-state index contributed by atoms with van der Waals surface area (Å²) in [5.74, 6) is 1.56. The van der Waals surface area contributed by atoms with Crippen LogP contribution >= 0.6 is 0 Å². The number of rotatable bonds is 5. The Labute approximate surface area is 332 Å². The van der Waals surface area contributed by atoms with E-state index in [-0.39, 0.29) is 11.5 Å². The molecular formula is C51H42N4O2. The van der Waals surface area contributed by atoms with Crippen LogP contribution in [-0.4, -0.2) is 29.7 Å². The van der Waals surface area contributed by atoms with Gasteiger partial charge in [-0.05, 0) is 128 Å². The van der Waals surface area contributed by atoms with E-state index in [0.717, 1.165) is 58.3 Å². The molecule has 0 saturated heterocycles. The van der Waals surface area contributed by atoms with E-state index in [1.807, 2.05) is 13.8 Å². The van der Waals surface area contributed by atoms with Gasteiger partial charge >= 0.3 is 0 Å². The average Bonchev–Trinajstić information content (AvgIpc) is 3.78. The summed E-state index contributed by atoms with van der Waals surface area (Å²) >= 11 is 0. The van der Waals surface area contributed by atoms with Crippen LogP contribution in [0.15, 0.2) is 121 Å². The number of hydrogen-bond acceptors (Lipinski definition) is 5. The van der Waals surface area contributed by atoms with Crippen molar-refractivity contribution in [2.75, 3.05) is 0 Å². The molecule has 0 fully saturated rings. The third-order valence-electron chi connectivity index (χ3n) is 12.3. The van der Waals surface area contributed by atoms with E-state index < -0.39 is 0 Å². The first-order valence-corrected chi connectivity index (χ1v) is 19.7. The van der Waals surface area contributed by atoms with Gasteiger partial charge in [-0.25, -0.2) is 15.0 Å². The van der Waals surface area contributed by atoms with Gasteiger partial charge in [-0.15, -0.1) is 0 Å².